The summed E-state index contributed by atoms with van der Waals surface area (Å²) in [5, 5.41) is 0. The van der Waals surface area contributed by atoms with Crippen LogP contribution in [0.15, 0.2) is 30.3 Å². The Bertz CT molecular complexity index is 338. The number of benzene rings is 1. The van der Waals surface area contributed by atoms with Crippen molar-refractivity contribution in [2.45, 2.75) is 39.1 Å². The SMILES string of the molecule is CCC(C)C(C(OC)OC)N(C)Cc1ccccc1. The molecule has 0 bridgehead atoms. The largest absolute Gasteiger partial charge is 0.354 e. The van der Waals surface area contributed by atoms with E-state index in [1.807, 2.05) is 6.07 Å². The fraction of sp³-hybridized carbons (Fsp3) is 0.625. The molecule has 1 rings (SSSR count). The van der Waals surface area contributed by atoms with Gasteiger partial charge in [0.25, 0.3) is 0 Å². The predicted molar refractivity (Wildman–Crippen MR) is 79.0 cm³/mol. The van der Waals surface area contributed by atoms with Gasteiger partial charge in [0.2, 0.25) is 0 Å². The summed E-state index contributed by atoms with van der Waals surface area (Å²) in [6, 6.07) is 10.7. The van der Waals surface area contributed by atoms with E-state index in [0.29, 0.717) is 5.92 Å². The zero-order chi connectivity index (χ0) is 14.3. The van der Waals surface area contributed by atoms with Crippen molar-refractivity contribution in [3.05, 3.63) is 35.9 Å². The number of hydrogen-bond donors (Lipinski definition) is 0. The number of hydrogen-bond acceptors (Lipinski definition) is 3. The highest BCUT2D eigenvalue weighted by Gasteiger charge is 2.29. The first-order valence-corrected chi connectivity index (χ1v) is 6.93. The zero-order valence-electron chi connectivity index (χ0n) is 12.8. The van der Waals surface area contributed by atoms with Gasteiger partial charge in [-0.3, -0.25) is 4.90 Å². The lowest BCUT2D eigenvalue weighted by Gasteiger charge is -2.36. The molecule has 2 unspecified atom stereocenters. The molecule has 0 saturated heterocycles. The predicted octanol–water partition coefficient (Wildman–Crippen LogP) is 3.15. The van der Waals surface area contributed by atoms with Crippen LogP contribution in [0.2, 0.25) is 0 Å². The number of methoxy groups -OCH3 is 2. The molecule has 19 heavy (non-hydrogen) atoms. The van der Waals surface area contributed by atoms with Gasteiger partial charge in [0.05, 0.1) is 6.04 Å². The topological polar surface area (TPSA) is 21.7 Å². The molecule has 0 radical (unpaired) electrons. The minimum Gasteiger partial charge on any atom is -0.354 e. The summed E-state index contributed by atoms with van der Waals surface area (Å²) in [5.41, 5.74) is 1.31. The quantitative estimate of drug-likeness (QED) is 0.674. The van der Waals surface area contributed by atoms with Crippen LogP contribution in [0.1, 0.15) is 25.8 Å². The lowest BCUT2D eigenvalue weighted by molar-refractivity contribution is -0.156. The van der Waals surface area contributed by atoms with Gasteiger partial charge in [-0.2, -0.15) is 0 Å². The molecular formula is C16H27NO2. The Hall–Kier alpha value is -0.900. The molecule has 0 N–H and O–H groups in total. The molecule has 0 saturated carbocycles. The summed E-state index contributed by atoms with van der Waals surface area (Å²) in [6.07, 6.45) is 0.913. The molecule has 0 aliphatic rings. The van der Waals surface area contributed by atoms with Crippen molar-refractivity contribution in [1.29, 1.82) is 0 Å². The van der Waals surface area contributed by atoms with Gasteiger partial charge in [-0.25, -0.2) is 0 Å². The second kappa shape index (κ2) is 8.31. The van der Waals surface area contributed by atoms with Crippen LogP contribution in [-0.2, 0) is 16.0 Å². The average molecular weight is 265 g/mol. The van der Waals surface area contributed by atoms with Gasteiger partial charge in [0.15, 0.2) is 6.29 Å². The standard InChI is InChI=1S/C16H27NO2/c1-6-13(2)15(16(18-4)19-5)17(3)12-14-10-8-7-9-11-14/h7-11,13,15-16H,6,12H2,1-5H3. The van der Waals surface area contributed by atoms with Crippen LogP contribution >= 0.6 is 0 Å². The Morgan fingerprint density at radius 1 is 1.11 bits per heavy atom. The first kappa shape index (κ1) is 16.2. The summed E-state index contributed by atoms with van der Waals surface area (Å²) >= 11 is 0. The monoisotopic (exact) mass is 265 g/mol. The third kappa shape index (κ3) is 4.60. The summed E-state index contributed by atoms with van der Waals surface area (Å²) in [5.74, 6) is 0.513. The van der Waals surface area contributed by atoms with Crippen molar-refractivity contribution < 1.29 is 9.47 Å². The molecule has 0 aromatic heterocycles. The molecule has 3 heteroatoms. The fourth-order valence-electron chi connectivity index (χ4n) is 2.50. The van der Waals surface area contributed by atoms with E-state index < -0.39 is 0 Å². The molecule has 0 heterocycles. The molecule has 0 amide bonds. The van der Waals surface area contributed by atoms with Gasteiger partial charge in [0.1, 0.15) is 0 Å². The van der Waals surface area contributed by atoms with E-state index in [9.17, 15) is 0 Å². The van der Waals surface area contributed by atoms with Crippen molar-refractivity contribution in [2.75, 3.05) is 21.3 Å². The van der Waals surface area contributed by atoms with Crippen molar-refractivity contribution in [1.82, 2.24) is 4.90 Å². The summed E-state index contributed by atoms with van der Waals surface area (Å²) in [6.45, 7) is 5.35. The highest BCUT2D eigenvalue weighted by atomic mass is 16.7. The molecule has 0 fully saturated rings. The molecular weight excluding hydrogens is 238 g/mol. The number of likely N-dealkylation sites (N-methyl/N-ethyl adjacent to an activating group) is 1. The first-order valence-electron chi connectivity index (χ1n) is 6.93. The Kier molecular flexibility index (Phi) is 7.06. The Balaban J connectivity index is 2.79. The van der Waals surface area contributed by atoms with Crippen LogP contribution in [0.3, 0.4) is 0 Å². The van der Waals surface area contributed by atoms with Gasteiger partial charge < -0.3 is 9.47 Å². The second-order valence-electron chi connectivity index (χ2n) is 5.12. The maximum atomic E-state index is 5.48. The number of ether oxygens (including phenoxy) is 2. The number of rotatable bonds is 8. The summed E-state index contributed by atoms with van der Waals surface area (Å²) < 4.78 is 11.0. The summed E-state index contributed by atoms with van der Waals surface area (Å²) in [7, 11) is 5.55. The van der Waals surface area contributed by atoms with Crippen LogP contribution in [0.5, 0.6) is 0 Å². The fourth-order valence-corrected chi connectivity index (χ4v) is 2.50. The van der Waals surface area contributed by atoms with Gasteiger partial charge in [0, 0.05) is 20.8 Å². The minimum atomic E-state index is -0.191. The lowest BCUT2D eigenvalue weighted by atomic mass is 9.96. The van der Waals surface area contributed by atoms with Crippen LogP contribution in [0.4, 0.5) is 0 Å². The van der Waals surface area contributed by atoms with Crippen molar-refractivity contribution in [2.24, 2.45) is 5.92 Å². The van der Waals surface area contributed by atoms with Crippen molar-refractivity contribution in [3.8, 4) is 0 Å². The van der Waals surface area contributed by atoms with E-state index in [2.05, 4.69) is 50.1 Å². The maximum absolute atomic E-state index is 5.48. The third-order valence-corrected chi connectivity index (χ3v) is 3.75. The second-order valence-corrected chi connectivity index (χ2v) is 5.12. The third-order valence-electron chi connectivity index (χ3n) is 3.75. The van der Waals surface area contributed by atoms with Gasteiger partial charge in [-0.05, 0) is 18.5 Å². The molecule has 108 valence electrons. The normalized spacial score (nSPS) is 14.9. The van der Waals surface area contributed by atoms with E-state index >= 15 is 0 Å². The summed E-state index contributed by atoms with van der Waals surface area (Å²) in [4.78, 5) is 2.32. The van der Waals surface area contributed by atoms with Crippen LogP contribution in [0, 0.1) is 5.92 Å². The van der Waals surface area contributed by atoms with E-state index in [-0.39, 0.29) is 12.3 Å². The van der Waals surface area contributed by atoms with Crippen molar-refractivity contribution >= 4 is 0 Å². The van der Waals surface area contributed by atoms with E-state index in [0.717, 1.165) is 13.0 Å². The van der Waals surface area contributed by atoms with Crippen LogP contribution < -0.4 is 0 Å². The van der Waals surface area contributed by atoms with Gasteiger partial charge in [-0.15, -0.1) is 0 Å². The molecule has 0 aliphatic heterocycles. The zero-order valence-corrected chi connectivity index (χ0v) is 12.8. The molecule has 1 aromatic carbocycles. The van der Waals surface area contributed by atoms with Crippen LogP contribution in [-0.4, -0.2) is 38.5 Å². The Labute approximate surface area is 117 Å². The minimum absolute atomic E-state index is 0.191. The molecule has 0 aliphatic carbocycles. The molecule has 1 aromatic rings. The van der Waals surface area contributed by atoms with E-state index in [4.69, 9.17) is 9.47 Å². The Morgan fingerprint density at radius 3 is 2.16 bits per heavy atom. The molecule has 2 atom stereocenters. The average Bonchev–Trinajstić information content (AvgIpc) is 2.44. The van der Waals surface area contributed by atoms with Gasteiger partial charge >= 0.3 is 0 Å². The van der Waals surface area contributed by atoms with Crippen molar-refractivity contribution in [3.63, 3.8) is 0 Å². The van der Waals surface area contributed by atoms with Gasteiger partial charge in [-0.1, -0.05) is 50.6 Å². The first-order chi connectivity index (χ1) is 9.13. The van der Waals surface area contributed by atoms with E-state index in [1.54, 1.807) is 14.2 Å². The highest BCUT2D eigenvalue weighted by Crippen LogP contribution is 2.21. The lowest BCUT2D eigenvalue weighted by Crippen LogP contribution is -2.47. The highest BCUT2D eigenvalue weighted by molar-refractivity contribution is 5.14. The number of nitrogens with zero attached hydrogens (tertiary/aromatic N) is 1. The maximum Gasteiger partial charge on any atom is 0.172 e. The molecule has 3 nitrogen and oxygen atoms in total. The Morgan fingerprint density at radius 2 is 1.68 bits per heavy atom. The smallest absolute Gasteiger partial charge is 0.172 e. The van der Waals surface area contributed by atoms with E-state index in [1.165, 1.54) is 5.56 Å². The van der Waals surface area contributed by atoms with Crippen LogP contribution in [0.25, 0.3) is 0 Å². The molecule has 0 spiro atoms.